The van der Waals surface area contributed by atoms with Gasteiger partial charge in [-0.25, -0.2) is 0 Å². The number of hydrogen-bond donors (Lipinski definition) is 2. The number of azo groups is 4. The van der Waals surface area contributed by atoms with Crippen molar-refractivity contribution in [1.82, 2.24) is 15.0 Å². The Hall–Kier alpha value is -7.67. The Morgan fingerprint density at radius 2 is 0.644 bits per heavy atom. The zero-order valence-corrected chi connectivity index (χ0v) is 34.0. The van der Waals surface area contributed by atoms with E-state index in [0.29, 0.717) is 17.7 Å². The monoisotopic (exact) mass is 777 g/mol. The molecule has 59 heavy (non-hydrogen) atoms. The molecule has 0 atom stereocenters. The van der Waals surface area contributed by atoms with E-state index in [9.17, 15) is 0 Å². The Bertz CT molecular complexity index is 2550. The first-order chi connectivity index (χ1) is 28.5. The van der Waals surface area contributed by atoms with E-state index in [0.717, 1.165) is 79.1 Å². The van der Waals surface area contributed by atoms with Gasteiger partial charge in [-0.1, -0.05) is 35.4 Å². The Morgan fingerprint density at radius 3 is 1.00 bits per heavy atom. The molecular weight excluding hydrogens is 735 g/mol. The first kappa shape index (κ1) is 39.6. The van der Waals surface area contributed by atoms with E-state index in [1.54, 1.807) is 0 Å². The van der Waals surface area contributed by atoms with Crippen molar-refractivity contribution in [1.29, 1.82) is 0 Å². The molecule has 0 saturated carbocycles. The average Bonchev–Trinajstić information content (AvgIpc) is 3.20. The molecule has 0 aliphatic carbocycles. The van der Waals surface area contributed by atoms with Gasteiger partial charge in [0, 0.05) is 11.4 Å². The highest BCUT2D eigenvalue weighted by atomic mass is 15.2. The molecule has 13 heteroatoms. The van der Waals surface area contributed by atoms with Crippen LogP contribution >= 0.6 is 0 Å². The van der Waals surface area contributed by atoms with Crippen molar-refractivity contribution in [3.05, 3.63) is 161 Å². The highest BCUT2D eigenvalue weighted by Gasteiger charge is 2.09. The van der Waals surface area contributed by atoms with Crippen LogP contribution in [0.3, 0.4) is 0 Å². The molecule has 0 aliphatic heterocycles. The van der Waals surface area contributed by atoms with Crippen LogP contribution < -0.4 is 10.6 Å². The maximum Gasteiger partial charge on any atom is 0.232 e. The molecular formula is C46H43N13. The Morgan fingerprint density at radius 1 is 0.322 bits per heavy atom. The first-order valence-electron chi connectivity index (χ1n) is 19.0. The van der Waals surface area contributed by atoms with Crippen LogP contribution in [-0.4, -0.2) is 15.0 Å². The largest absolute Gasteiger partial charge is 0.324 e. The molecule has 13 nitrogen and oxygen atoms in total. The Kier molecular flexibility index (Phi) is 12.1. The fraction of sp³-hybridized carbons (Fsp3) is 0.152. The van der Waals surface area contributed by atoms with Gasteiger partial charge in [-0.2, -0.15) is 55.9 Å². The Balaban J connectivity index is 0.962. The van der Waals surface area contributed by atoms with E-state index in [1.807, 2.05) is 170 Å². The van der Waals surface area contributed by atoms with Crippen LogP contribution in [0.1, 0.15) is 39.2 Å². The number of nitrogens with zero attached hydrogens (tertiary/aromatic N) is 11. The van der Waals surface area contributed by atoms with Crippen molar-refractivity contribution in [2.75, 3.05) is 10.6 Å². The van der Waals surface area contributed by atoms with Crippen LogP contribution in [0.25, 0.3) is 0 Å². The van der Waals surface area contributed by atoms with Gasteiger partial charge in [0.1, 0.15) is 5.82 Å². The zero-order valence-electron chi connectivity index (χ0n) is 34.0. The number of rotatable bonds is 12. The lowest BCUT2D eigenvalue weighted by Crippen LogP contribution is -2.05. The predicted molar refractivity (Wildman–Crippen MR) is 235 cm³/mol. The van der Waals surface area contributed by atoms with Crippen molar-refractivity contribution < 1.29 is 0 Å². The predicted octanol–water partition coefficient (Wildman–Crippen LogP) is 15.2. The molecule has 1 heterocycles. The van der Waals surface area contributed by atoms with E-state index in [2.05, 4.69) is 66.5 Å². The maximum atomic E-state index is 4.62. The van der Waals surface area contributed by atoms with Gasteiger partial charge in [-0.05, 0) is 168 Å². The lowest BCUT2D eigenvalue weighted by Gasteiger charge is -2.11. The third-order valence-corrected chi connectivity index (χ3v) is 9.17. The van der Waals surface area contributed by atoms with Gasteiger partial charge in [-0.15, -0.1) is 0 Å². The van der Waals surface area contributed by atoms with Gasteiger partial charge in [0.15, 0.2) is 0 Å². The van der Waals surface area contributed by atoms with E-state index in [-0.39, 0.29) is 0 Å². The maximum absolute atomic E-state index is 4.62. The van der Waals surface area contributed by atoms with Crippen LogP contribution in [0.5, 0.6) is 0 Å². The van der Waals surface area contributed by atoms with Crippen LogP contribution in [0.15, 0.2) is 162 Å². The van der Waals surface area contributed by atoms with Crippen molar-refractivity contribution in [2.24, 2.45) is 40.9 Å². The minimum absolute atomic E-state index is 0.407. The topological polar surface area (TPSA) is 162 Å². The molecule has 0 bridgehead atoms. The molecule has 1 aromatic heterocycles. The van der Waals surface area contributed by atoms with Gasteiger partial charge < -0.3 is 10.6 Å². The quantitative estimate of drug-likeness (QED) is 0.118. The molecule has 7 rings (SSSR count). The third-order valence-electron chi connectivity index (χ3n) is 9.17. The van der Waals surface area contributed by atoms with Crippen molar-refractivity contribution >= 4 is 68.8 Å². The summed E-state index contributed by atoms with van der Waals surface area (Å²) in [6.45, 7) is 13.8. The molecule has 0 unspecified atom stereocenters. The van der Waals surface area contributed by atoms with Gasteiger partial charge in [0.25, 0.3) is 0 Å². The molecule has 0 radical (unpaired) electrons. The van der Waals surface area contributed by atoms with Crippen molar-refractivity contribution in [3.8, 4) is 0 Å². The fourth-order valence-electron chi connectivity index (χ4n) is 5.84. The molecule has 0 spiro atoms. The lowest BCUT2D eigenvalue weighted by atomic mass is 10.2. The number of benzene rings is 6. The van der Waals surface area contributed by atoms with Crippen LogP contribution in [0.2, 0.25) is 0 Å². The van der Waals surface area contributed by atoms with E-state index in [1.165, 1.54) is 11.1 Å². The highest BCUT2D eigenvalue weighted by molar-refractivity contribution is 5.64. The number of aryl methyl sites for hydroxylation is 7. The second-order valence-corrected chi connectivity index (χ2v) is 14.2. The molecule has 2 N–H and O–H groups in total. The summed E-state index contributed by atoms with van der Waals surface area (Å²) in [5, 5.41) is 42.1. The lowest BCUT2D eigenvalue weighted by molar-refractivity contribution is 0.989. The summed E-state index contributed by atoms with van der Waals surface area (Å²) in [6, 6.07) is 38.9. The van der Waals surface area contributed by atoms with Gasteiger partial charge >= 0.3 is 0 Å². The molecule has 0 amide bonds. The van der Waals surface area contributed by atoms with E-state index < -0.39 is 0 Å². The van der Waals surface area contributed by atoms with Gasteiger partial charge in [0.2, 0.25) is 11.9 Å². The standard InChI is InChI=1S/C46H43N13/c1-28-8-12-35(13-9-28)52-54-39-18-22-43(32(5)26-39)58-56-41-20-16-37(24-30(41)3)49-45-47-34(7)48-46(51-45)50-38-17-21-42(31(4)25-38)57-59-44-23-19-40(27-33(44)6)55-53-36-14-10-29(2)11-15-36/h8-27H,1-7H3,(H2,47,48,49,50,51). The summed E-state index contributed by atoms with van der Waals surface area (Å²) in [7, 11) is 0. The van der Waals surface area contributed by atoms with Crippen molar-refractivity contribution in [2.45, 2.75) is 48.5 Å². The molecule has 0 aliphatic rings. The summed E-state index contributed by atoms with van der Waals surface area (Å²) in [6.07, 6.45) is 0. The van der Waals surface area contributed by atoms with Crippen LogP contribution in [0, 0.1) is 48.5 Å². The van der Waals surface area contributed by atoms with Crippen LogP contribution in [0.4, 0.5) is 68.8 Å². The highest BCUT2D eigenvalue weighted by Crippen LogP contribution is 2.32. The summed E-state index contributed by atoms with van der Waals surface area (Å²) in [4.78, 5) is 13.6. The second-order valence-electron chi connectivity index (χ2n) is 14.2. The fourth-order valence-corrected chi connectivity index (χ4v) is 5.84. The summed E-state index contributed by atoms with van der Waals surface area (Å²) < 4.78 is 0. The molecule has 292 valence electrons. The molecule has 0 saturated heterocycles. The average molecular weight is 778 g/mol. The van der Waals surface area contributed by atoms with Crippen molar-refractivity contribution in [3.63, 3.8) is 0 Å². The van der Waals surface area contributed by atoms with Crippen LogP contribution in [-0.2, 0) is 0 Å². The van der Waals surface area contributed by atoms with Gasteiger partial charge in [-0.3, -0.25) is 0 Å². The zero-order chi connectivity index (χ0) is 41.3. The number of hydrogen-bond acceptors (Lipinski definition) is 13. The summed E-state index contributed by atoms with van der Waals surface area (Å²) in [5.74, 6) is 1.37. The van der Waals surface area contributed by atoms with E-state index >= 15 is 0 Å². The number of aromatic nitrogens is 3. The summed E-state index contributed by atoms with van der Waals surface area (Å²) in [5.41, 5.74) is 13.8. The minimum Gasteiger partial charge on any atom is -0.324 e. The number of nitrogens with one attached hydrogen (secondary N) is 2. The summed E-state index contributed by atoms with van der Waals surface area (Å²) >= 11 is 0. The smallest absolute Gasteiger partial charge is 0.232 e. The minimum atomic E-state index is 0.407. The Labute approximate surface area is 343 Å². The van der Waals surface area contributed by atoms with E-state index in [4.69, 9.17) is 0 Å². The number of anilines is 4. The molecule has 0 fully saturated rings. The SMILES string of the molecule is Cc1ccc(N=Nc2ccc(N=Nc3ccc(Nc4nc(C)nc(Nc5ccc(N=Nc6ccc(N=Nc7ccc(C)cc7)cc6C)c(C)c5)n4)cc3C)c(C)c2)cc1. The third kappa shape index (κ3) is 10.8. The normalized spacial score (nSPS) is 11.7. The molecule has 7 aromatic rings. The second kappa shape index (κ2) is 18.1. The van der Waals surface area contributed by atoms with Gasteiger partial charge in [0.05, 0.1) is 45.5 Å². The molecule has 6 aromatic carbocycles. The first-order valence-corrected chi connectivity index (χ1v) is 19.0.